The Morgan fingerprint density at radius 1 is 0.944 bits per heavy atom. The first-order chi connectivity index (χ1) is 16.7. The molecule has 0 amide bonds. The molecule has 6 heteroatoms. The van der Waals surface area contributed by atoms with Crippen LogP contribution in [0.1, 0.15) is 86.7 Å². The van der Waals surface area contributed by atoms with E-state index < -0.39 is 25.6 Å². The van der Waals surface area contributed by atoms with E-state index in [1.807, 2.05) is 39.8 Å². The molecule has 0 unspecified atom stereocenters. The smallest absolute Gasteiger partial charge is 0.188 e. The molecule has 1 fully saturated rings. The van der Waals surface area contributed by atoms with Gasteiger partial charge in [0.15, 0.2) is 13.1 Å². The van der Waals surface area contributed by atoms with Crippen molar-refractivity contribution in [2.45, 2.75) is 103 Å². The van der Waals surface area contributed by atoms with Crippen LogP contribution in [0.15, 0.2) is 24.3 Å². The van der Waals surface area contributed by atoms with Crippen molar-refractivity contribution < 1.29 is 23.3 Å². The van der Waals surface area contributed by atoms with E-state index in [9.17, 15) is 0 Å². The number of ether oxygens (including phenoxy) is 4. The number of hydrogen-bond donors (Lipinski definition) is 0. The Bertz CT molecular complexity index is 1120. The summed E-state index contributed by atoms with van der Waals surface area (Å²) in [5, 5.41) is 1.54. The first kappa shape index (κ1) is 28.7. The summed E-state index contributed by atoms with van der Waals surface area (Å²) in [5.74, 6) is 3.64. The number of benzene rings is 2. The predicted octanol–water partition coefficient (Wildman–Crippen LogP) is 8.13. The lowest BCUT2D eigenvalue weighted by molar-refractivity contribution is -0.0887. The van der Waals surface area contributed by atoms with Crippen molar-refractivity contribution in [2.24, 2.45) is 0 Å². The molecule has 1 aliphatic rings. The molecule has 0 bridgehead atoms. The van der Waals surface area contributed by atoms with E-state index in [2.05, 4.69) is 53.0 Å². The van der Waals surface area contributed by atoms with Crippen molar-refractivity contribution in [2.75, 3.05) is 13.9 Å². The minimum absolute atomic E-state index is 0.105. The van der Waals surface area contributed by atoms with Gasteiger partial charge in [0.05, 0.1) is 16.8 Å². The third-order valence-electron chi connectivity index (χ3n) is 8.19. The van der Waals surface area contributed by atoms with Crippen molar-refractivity contribution in [1.29, 1.82) is 0 Å². The fraction of sp³-hybridized carbons (Fsp3) is 0.600. The molecule has 0 N–H and O–H groups in total. The molecule has 1 saturated heterocycles. The van der Waals surface area contributed by atoms with Gasteiger partial charge in [-0.3, -0.25) is 0 Å². The third kappa shape index (κ3) is 5.09. The van der Waals surface area contributed by atoms with Crippen molar-refractivity contribution in [3.05, 3.63) is 41.2 Å². The Morgan fingerprint density at radius 2 is 1.50 bits per heavy atom. The number of halogens is 1. The van der Waals surface area contributed by atoms with Crippen LogP contribution in [0.2, 0.25) is 16.6 Å². The van der Waals surface area contributed by atoms with Crippen LogP contribution in [-0.2, 0) is 14.2 Å². The van der Waals surface area contributed by atoms with Crippen molar-refractivity contribution in [1.82, 2.24) is 0 Å². The lowest BCUT2D eigenvalue weighted by Gasteiger charge is -2.38. The van der Waals surface area contributed by atoms with Gasteiger partial charge in [0, 0.05) is 18.1 Å². The van der Waals surface area contributed by atoms with E-state index in [4.69, 9.17) is 18.9 Å². The molecule has 2 aromatic rings. The average Bonchev–Trinajstić information content (AvgIpc) is 2.99. The molecule has 0 atom stereocenters. The van der Waals surface area contributed by atoms with Gasteiger partial charge >= 0.3 is 0 Å². The zero-order valence-electron chi connectivity index (χ0n) is 23.8. The summed E-state index contributed by atoms with van der Waals surface area (Å²) in [7, 11) is -0.499. The Balaban J connectivity index is 2.32. The quantitative estimate of drug-likeness (QED) is 0.212. The summed E-state index contributed by atoms with van der Waals surface area (Å²) in [5.41, 5.74) is 5.06. The van der Waals surface area contributed by atoms with Crippen LogP contribution in [0, 0.1) is 17.3 Å². The molecule has 4 nitrogen and oxygen atoms in total. The molecule has 1 heterocycles. The number of hydrogen-bond acceptors (Lipinski definition) is 4. The third-order valence-corrected chi connectivity index (χ3v) is 14.5. The maximum atomic E-state index is 15.6. The highest BCUT2D eigenvalue weighted by atomic mass is 28.3. The second kappa shape index (κ2) is 10.5. The van der Waals surface area contributed by atoms with Gasteiger partial charge in [0.1, 0.15) is 19.6 Å². The van der Waals surface area contributed by atoms with Gasteiger partial charge in [0.25, 0.3) is 0 Å². The molecule has 0 radical (unpaired) electrons. The summed E-state index contributed by atoms with van der Waals surface area (Å²) < 4.78 is 39.3. The van der Waals surface area contributed by atoms with Crippen LogP contribution in [-0.4, -0.2) is 33.2 Å². The van der Waals surface area contributed by atoms with Crippen LogP contribution in [0.25, 0.3) is 10.8 Å². The highest BCUT2D eigenvalue weighted by molar-refractivity contribution is 6.90. The molecule has 0 spiro atoms. The first-order valence-electron chi connectivity index (χ1n) is 12.9. The molecule has 2 aromatic carbocycles. The van der Waals surface area contributed by atoms with E-state index in [1.165, 1.54) is 6.07 Å². The largest absolute Gasteiger partial charge is 0.468 e. The first-order valence-corrected chi connectivity index (χ1v) is 15.2. The van der Waals surface area contributed by atoms with Gasteiger partial charge in [-0.15, -0.1) is 5.54 Å². The summed E-state index contributed by atoms with van der Waals surface area (Å²) in [6.07, 6.45) is -0.687. The Hall–Kier alpha value is -1.91. The zero-order valence-corrected chi connectivity index (χ0v) is 24.8. The van der Waals surface area contributed by atoms with E-state index in [0.29, 0.717) is 38.9 Å². The van der Waals surface area contributed by atoms with E-state index in [0.717, 1.165) is 5.39 Å². The SMILES string of the molecule is COCOc1cc(C2OC(C)(C)C(C)(C)O2)c2c(C#C[Si](C(C)C)(C(C)C)C(C)C)c(F)ccc2c1. The van der Waals surface area contributed by atoms with Gasteiger partial charge in [-0.05, 0) is 67.9 Å². The van der Waals surface area contributed by atoms with Gasteiger partial charge < -0.3 is 18.9 Å². The molecule has 0 aliphatic carbocycles. The van der Waals surface area contributed by atoms with Crippen LogP contribution < -0.4 is 4.74 Å². The highest BCUT2D eigenvalue weighted by Gasteiger charge is 2.50. The average molecular weight is 515 g/mol. The van der Waals surface area contributed by atoms with Crippen LogP contribution >= 0.6 is 0 Å². The Kier molecular flexibility index (Phi) is 8.32. The fourth-order valence-electron chi connectivity index (χ4n) is 5.54. The molecule has 1 aliphatic heterocycles. The van der Waals surface area contributed by atoms with Gasteiger partial charge in [-0.25, -0.2) is 4.39 Å². The van der Waals surface area contributed by atoms with Gasteiger partial charge in [0.2, 0.25) is 0 Å². The minimum atomic E-state index is -2.08. The van der Waals surface area contributed by atoms with Gasteiger partial charge in [-0.2, -0.15) is 0 Å². The monoisotopic (exact) mass is 514 g/mol. The molecule has 0 aromatic heterocycles. The topological polar surface area (TPSA) is 36.9 Å². The summed E-state index contributed by atoms with van der Waals surface area (Å²) in [4.78, 5) is 0. The molecule has 3 rings (SSSR count). The van der Waals surface area contributed by atoms with Crippen molar-refractivity contribution >= 4 is 18.8 Å². The normalized spacial score (nSPS) is 17.8. The van der Waals surface area contributed by atoms with Crippen LogP contribution in [0.5, 0.6) is 5.75 Å². The molecule has 36 heavy (non-hydrogen) atoms. The van der Waals surface area contributed by atoms with E-state index in [1.54, 1.807) is 13.2 Å². The van der Waals surface area contributed by atoms with Crippen molar-refractivity contribution in [3.8, 4) is 17.2 Å². The van der Waals surface area contributed by atoms with Crippen molar-refractivity contribution in [3.63, 3.8) is 0 Å². The Morgan fingerprint density at radius 3 is 2.00 bits per heavy atom. The van der Waals surface area contributed by atoms with E-state index >= 15 is 4.39 Å². The summed E-state index contributed by atoms with van der Waals surface area (Å²) in [6.45, 7) is 21.7. The lowest BCUT2D eigenvalue weighted by Crippen LogP contribution is -2.43. The minimum Gasteiger partial charge on any atom is -0.468 e. The number of rotatable bonds is 7. The summed E-state index contributed by atoms with van der Waals surface area (Å²) >= 11 is 0. The number of methoxy groups -OCH3 is 1. The molecular weight excluding hydrogens is 471 g/mol. The fourth-order valence-corrected chi connectivity index (χ4v) is 10.7. The number of fused-ring (bicyclic) bond motifs is 1. The maximum Gasteiger partial charge on any atom is 0.188 e. The molecule has 198 valence electrons. The summed E-state index contributed by atoms with van der Waals surface area (Å²) in [6, 6.07) is 7.02. The predicted molar refractivity (Wildman–Crippen MR) is 147 cm³/mol. The highest BCUT2D eigenvalue weighted by Crippen LogP contribution is 2.48. The molecular formula is C30H43FO4Si. The zero-order chi connectivity index (χ0) is 27.1. The standard InChI is InChI=1S/C30H43FO4Si/c1-19(2)36(20(3)4,21(5)6)15-14-24-26(31)13-12-22-16-23(33-18-32-11)17-25(27(22)24)28-34-29(7,8)30(9,10)35-28/h12-13,16-17,19-21,28H,18H2,1-11H3. The second-order valence-corrected chi connectivity index (χ2v) is 17.4. The lowest BCUT2D eigenvalue weighted by atomic mass is 9.90. The van der Waals surface area contributed by atoms with E-state index in [-0.39, 0.29) is 12.6 Å². The van der Waals surface area contributed by atoms with Crippen LogP contribution in [0.3, 0.4) is 0 Å². The maximum absolute atomic E-state index is 15.6. The Labute approximate surface area is 217 Å². The van der Waals surface area contributed by atoms with Gasteiger partial charge in [-0.1, -0.05) is 53.5 Å². The molecule has 0 saturated carbocycles. The second-order valence-electron chi connectivity index (χ2n) is 11.8. The van der Waals surface area contributed by atoms with Crippen LogP contribution in [0.4, 0.5) is 4.39 Å².